The van der Waals surface area contributed by atoms with E-state index >= 15 is 0 Å². The summed E-state index contributed by atoms with van der Waals surface area (Å²) in [6.45, 7) is 1.19. The summed E-state index contributed by atoms with van der Waals surface area (Å²) in [5, 5.41) is 5.44. The maximum atomic E-state index is 5.91. The fourth-order valence-electron chi connectivity index (χ4n) is 2.60. The first-order valence-electron chi connectivity index (χ1n) is 8.57. The van der Waals surface area contributed by atoms with Gasteiger partial charge in [0, 0.05) is 24.7 Å². The van der Waals surface area contributed by atoms with Gasteiger partial charge in [-0.05, 0) is 35.0 Å². The van der Waals surface area contributed by atoms with Crippen molar-refractivity contribution >= 4 is 22.4 Å². The molecule has 3 aromatic rings. The van der Waals surface area contributed by atoms with Crippen LogP contribution in [0.15, 0.2) is 71.7 Å². The van der Waals surface area contributed by atoms with Crippen LogP contribution in [0, 0.1) is 0 Å². The van der Waals surface area contributed by atoms with E-state index in [4.69, 9.17) is 15.2 Å². The van der Waals surface area contributed by atoms with Crippen LogP contribution in [0.1, 0.15) is 6.42 Å². The molecule has 26 heavy (non-hydrogen) atoms. The van der Waals surface area contributed by atoms with Crippen LogP contribution >= 0.6 is 0 Å². The van der Waals surface area contributed by atoms with Gasteiger partial charge in [-0.25, -0.2) is 0 Å². The number of nitrogens with two attached hydrogens (primary N) is 1. The molecule has 0 aliphatic rings. The lowest BCUT2D eigenvalue weighted by Crippen LogP contribution is -2.23. The molecule has 0 aliphatic heterocycles. The standard InChI is InChI=1S/C21H23N3O2/c1-25-19-9-4-8-18(15-19)24-21(22)23-12-5-13-26-20-11-10-16-6-2-3-7-17(16)14-20/h2-4,6-11,14-15H,5,12-13H2,1H3,(H3,22,23,24). The van der Waals surface area contributed by atoms with Crippen LogP contribution in [0.25, 0.3) is 10.8 Å². The monoisotopic (exact) mass is 349 g/mol. The van der Waals surface area contributed by atoms with Crippen LogP contribution in [-0.4, -0.2) is 26.2 Å². The Kier molecular flexibility index (Phi) is 5.93. The smallest absolute Gasteiger partial charge is 0.193 e. The number of benzene rings is 3. The molecule has 0 bridgehead atoms. The highest BCUT2D eigenvalue weighted by molar-refractivity contribution is 5.92. The minimum Gasteiger partial charge on any atom is -0.497 e. The second kappa shape index (κ2) is 8.76. The lowest BCUT2D eigenvalue weighted by atomic mass is 10.1. The van der Waals surface area contributed by atoms with Gasteiger partial charge in [-0.15, -0.1) is 0 Å². The van der Waals surface area contributed by atoms with Gasteiger partial charge >= 0.3 is 0 Å². The largest absolute Gasteiger partial charge is 0.497 e. The van der Waals surface area contributed by atoms with Gasteiger partial charge in [-0.1, -0.05) is 36.4 Å². The molecule has 0 amide bonds. The Bertz CT molecular complexity index is 893. The molecule has 0 heterocycles. The first-order chi connectivity index (χ1) is 12.7. The second-order valence-electron chi connectivity index (χ2n) is 5.83. The van der Waals surface area contributed by atoms with E-state index in [1.807, 2.05) is 42.5 Å². The Morgan fingerprint density at radius 1 is 0.962 bits per heavy atom. The van der Waals surface area contributed by atoms with Crippen molar-refractivity contribution in [2.24, 2.45) is 10.7 Å². The number of guanidine groups is 1. The Morgan fingerprint density at radius 2 is 1.81 bits per heavy atom. The van der Waals surface area contributed by atoms with Crippen molar-refractivity contribution in [3.05, 3.63) is 66.7 Å². The van der Waals surface area contributed by atoms with E-state index in [-0.39, 0.29) is 0 Å². The molecule has 0 fully saturated rings. The van der Waals surface area contributed by atoms with E-state index in [1.165, 1.54) is 10.8 Å². The van der Waals surface area contributed by atoms with Gasteiger partial charge in [0.15, 0.2) is 5.96 Å². The normalized spacial score (nSPS) is 11.3. The molecular formula is C21H23N3O2. The van der Waals surface area contributed by atoms with E-state index in [0.717, 1.165) is 23.6 Å². The molecule has 3 N–H and O–H groups in total. The van der Waals surface area contributed by atoms with Gasteiger partial charge in [0.25, 0.3) is 0 Å². The molecule has 0 aliphatic carbocycles. The first kappa shape index (κ1) is 17.6. The van der Waals surface area contributed by atoms with Crippen LogP contribution in [0.3, 0.4) is 0 Å². The SMILES string of the molecule is COc1cccc(NC(N)=NCCCOc2ccc3ccccc3c2)c1. The summed E-state index contributed by atoms with van der Waals surface area (Å²) in [4.78, 5) is 4.32. The molecule has 0 unspecified atom stereocenters. The average Bonchev–Trinajstić information content (AvgIpc) is 2.67. The van der Waals surface area contributed by atoms with Gasteiger partial charge in [0.05, 0.1) is 13.7 Å². The lowest BCUT2D eigenvalue weighted by Gasteiger charge is -2.08. The van der Waals surface area contributed by atoms with Crippen molar-refractivity contribution in [2.45, 2.75) is 6.42 Å². The maximum absolute atomic E-state index is 5.91. The second-order valence-corrected chi connectivity index (χ2v) is 5.83. The number of fused-ring (bicyclic) bond motifs is 1. The zero-order valence-electron chi connectivity index (χ0n) is 14.8. The Hall–Kier alpha value is -3.21. The minimum absolute atomic E-state index is 0.379. The summed E-state index contributed by atoms with van der Waals surface area (Å²) in [5.74, 6) is 2.02. The average molecular weight is 349 g/mol. The number of ether oxygens (including phenoxy) is 2. The van der Waals surface area contributed by atoms with Crippen molar-refractivity contribution in [1.29, 1.82) is 0 Å². The number of anilines is 1. The third kappa shape index (κ3) is 4.89. The molecule has 0 radical (unpaired) electrons. The molecule has 5 heteroatoms. The summed E-state index contributed by atoms with van der Waals surface area (Å²) < 4.78 is 11.0. The predicted molar refractivity (Wildman–Crippen MR) is 107 cm³/mol. The number of rotatable bonds is 7. The number of nitrogens with zero attached hydrogens (tertiary/aromatic N) is 1. The molecule has 0 saturated heterocycles. The molecule has 3 aromatic carbocycles. The predicted octanol–water partition coefficient (Wildman–Crippen LogP) is 4.04. The third-order valence-corrected chi connectivity index (χ3v) is 3.92. The topological polar surface area (TPSA) is 68.9 Å². The lowest BCUT2D eigenvalue weighted by molar-refractivity contribution is 0.314. The zero-order chi connectivity index (χ0) is 18.2. The van der Waals surface area contributed by atoms with Crippen molar-refractivity contribution in [3.8, 4) is 11.5 Å². The molecule has 0 aromatic heterocycles. The summed E-state index contributed by atoms with van der Waals surface area (Å²) in [5.41, 5.74) is 6.76. The van der Waals surface area contributed by atoms with Crippen LogP contribution in [-0.2, 0) is 0 Å². The summed E-state index contributed by atoms with van der Waals surface area (Å²) >= 11 is 0. The van der Waals surface area contributed by atoms with E-state index in [2.05, 4.69) is 34.6 Å². The number of aliphatic imine (C=N–C) groups is 1. The number of hydrogen-bond acceptors (Lipinski definition) is 3. The van der Waals surface area contributed by atoms with Gasteiger partial charge in [-0.3, -0.25) is 4.99 Å². The number of methoxy groups -OCH3 is 1. The number of nitrogens with one attached hydrogen (secondary N) is 1. The summed E-state index contributed by atoms with van der Waals surface area (Å²) in [6, 6.07) is 21.9. The van der Waals surface area contributed by atoms with Crippen molar-refractivity contribution in [1.82, 2.24) is 0 Å². The Morgan fingerprint density at radius 3 is 2.65 bits per heavy atom. The van der Waals surface area contributed by atoms with Crippen LogP contribution in [0.2, 0.25) is 0 Å². The van der Waals surface area contributed by atoms with E-state index in [0.29, 0.717) is 19.1 Å². The maximum Gasteiger partial charge on any atom is 0.193 e. The van der Waals surface area contributed by atoms with Crippen molar-refractivity contribution in [2.75, 3.05) is 25.6 Å². The molecule has 0 atom stereocenters. The first-order valence-corrected chi connectivity index (χ1v) is 8.57. The summed E-state index contributed by atoms with van der Waals surface area (Å²) in [7, 11) is 1.63. The quantitative estimate of drug-likeness (QED) is 0.384. The molecular weight excluding hydrogens is 326 g/mol. The molecule has 0 saturated carbocycles. The number of hydrogen-bond donors (Lipinski definition) is 2. The third-order valence-electron chi connectivity index (χ3n) is 3.92. The molecule has 5 nitrogen and oxygen atoms in total. The Balaban J connectivity index is 1.44. The van der Waals surface area contributed by atoms with Crippen molar-refractivity contribution in [3.63, 3.8) is 0 Å². The van der Waals surface area contributed by atoms with Gasteiger partial charge < -0.3 is 20.5 Å². The highest BCUT2D eigenvalue weighted by Crippen LogP contribution is 2.20. The fourth-order valence-corrected chi connectivity index (χ4v) is 2.60. The Labute approximate surface area is 153 Å². The minimum atomic E-state index is 0.379. The van der Waals surface area contributed by atoms with Gasteiger partial charge in [0.1, 0.15) is 11.5 Å². The summed E-state index contributed by atoms with van der Waals surface area (Å²) in [6.07, 6.45) is 0.785. The highest BCUT2D eigenvalue weighted by atomic mass is 16.5. The van der Waals surface area contributed by atoms with E-state index in [1.54, 1.807) is 7.11 Å². The van der Waals surface area contributed by atoms with E-state index in [9.17, 15) is 0 Å². The molecule has 0 spiro atoms. The van der Waals surface area contributed by atoms with E-state index < -0.39 is 0 Å². The van der Waals surface area contributed by atoms with Crippen LogP contribution in [0.5, 0.6) is 11.5 Å². The fraction of sp³-hybridized carbons (Fsp3) is 0.190. The van der Waals surface area contributed by atoms with Gasteiger partial charge in [0.2, 0.25) is 0 Å². The molecule has 134 valence electrons. The molecule has 3 rings (SSSR count). The zero-order valence-corrected chi connectivity index (χ0v) is 14.8. The van der Waals surface area contributed by atoms with Crippen molar-refractivity contribution < 1.29 is 9.47 Å². The highest BCUT2D eigenvalue weighted by Gasteiger charge is 1.99. The van der Waals surface area contributed by atoms with Crippen LogP contribution in [0.4, 0.5) is 5.69 Å². The van der Waals surface area contributed by atoms with Crippen LogP contribution < -0.4 is 20.5 Å². The van der Waals surface area contributed by atoms with Gasteiger partial charge in [-0.2, -0.15) is 0 Å².